The summed E-state index contributed by atoms with van der Waals surface area (Å²) in [5, 5.41) is 0. The van der Waals surface area contributed by atoms with Gasteiger partial charge in [0.15, 0.2) is 0 Å². The number of rotatable bonds is 5. The standard InChI is InChI=1S/C16H14Br2O3/c1-20-15(19)8-12-7-13(17)9-14(18)16(12)21-10-11-5-3-2-4-6-11/h2-7,9H,8,10H2,1H3. The smallest absolute Gasteiger partial charge is 0.310 e. The lowest BCUT2D eigenvalue weighted by Crippen LogP contribution is -2.07. The van der Waals surface area contributed by atoms with E-state index in [4.69, 9.17) is 9.47 Å². The highest BCUT2D eigenvalue weighted by atomic mass is 79.9. The van der Waals surface area contributed by atoms with Crippen molar-refractivity contribution in [3.05, 3.63) is 62.5 Å². The first kappa shape index (κ1) is 16.0. The molecule has 0 radical (unpaired) electrons. The summed E-state index contributed by atoms with van der Waals surface area (Å²) in [5.74, 6) is 0.358. The van der Waals surface area contributed by atoms with Gasteiger partial charge in [0, 0.05) is 10.0 Å². The van der Waals surface area contributed by atoms with Gasteiger partial charge in [0.1, 0.15) is 12.4 Å². The van der Waals surface area contributed by atoms with Crippen LogP contribution in [0.5, 0.6) is 5.75 Å². The van der Waals surface area contributed by atoms with E-state index >= 15 is 0 Å². The number of hydrogen-bond donors (Lipinski definition) is 0. The number of benzene rings is 2. The van der Waals surface area contributed by atoms with Crippen molar-refractivity contribution in [1.82, 2.24) is 0 Å². The molecule has 0 aromatic heterocycles. The maximum Gasteiger partial charge on any atom is 0.310 e. The first-order valence-electron chi connectivity index (χ1n) is 6.31. The van der Waals surface area contributed by atoms with Gasteiger partial charge in [0.05, 0.1) is 18.0 Å². The Morgan fingerprint density at radius 3 is 2.52 bits per heavy atom. The van der Waals surface area contributed by atoms with E-state index in [1.54, 1.807) is 0 Å². The Kier molecular flexibility index (Phi) is 5.82. The summed E-state index contributed by atoms with van der Waals surface area (Å²) >= 11 is 6.89. The molecular weight excluding hydrogens is 400 g/mol. The van der Waals surface area contributed by atoms with Crippen LogP contribution in [0.25, 0.3) is 0 Å². The molecule has 110 valence electrons. The van der Waals surface area contributed by atoms with Gasteiger partial charge in [-0.2, -0.15) is 0 Å². The van der Waals surface area contributed by atoms with Gasteiger partial charge < -0.3 is 9.47 Å². The van der Waals surface area contributed by atoms with Gasteiger partial charge in [-0.1, -0.05) is 46.3 Å². The second kappa shape index (κ2) is 7.61. The van der Waals surface area contributed by atoms with Crippen molar-refractivity contribution >= 4 is 37.8 Å². The van der Waals surface area contributed by atoms with Crippen LogP contribution in [0.1, 0.15) is 11.1 Å². The van der Waals surface area contributed by atoms with E-state index in [0.29, 0.717) is 12.4 Å². The molecule has 0 saturated heterocycles. The number of halogens is 2. The minimum atomic E-state index is -0.301. The maximum atomic E-state index is 11.5. The number of hydrogen-bond acceptors (Lipinski definition) is 3. The van der Waals surface area contributed by atoms with Crippen molar-refractivity contribution in [2.75, 3.05) is 7.11 Å². The zero-order valence-electron chi connectivity index (χ0n) is 11.4. The number of methoxy groups -OCH3 is 1. The molecule has 0 saturated carbocycles. The lowest BCUT2D eigenvalue weighted by molar-refractivity contribution is -0.139. The fourth-order valence-corrected chi connectivity index (χ4v) is 3.29. The Balaban J connectivity index is 2.22. The summed E-state index contributed by atoms with van der Waals surface area (Å²) in [6.45, 7) is 0.440. The number of carbonyl (C=O) groups is 1. The molecule has 0 aliphatic heterocycles. The highest BCUT2D eigenvalue weighted by Gasteiger charge is 2.14. The molecule has 2 aromatic carbocycles. The molecule has 0 N–H and O–H groups in total. The van der Waals surface area contributed by atoms with E-state index < -0.39 is 0 Å². The lowest BCUT2D eigenvalue weighted by Gasteiger charge is -2.14. The SMILES string of the molecule is COC(=O)Cc1cc(Br)cc(Br)c1OCc1ccccc1. The van der Waals surface area contributed by atoms with Crippen LogP contribution in [-0.2, 0) is 22.6 Å². The van der Waals surface area contributed by atoms with Crippen LogP contribution >= 0.6 is 31.9 Å². The molecule has 2 aromatic rings. The molecular formula is C16H14Br2O3. The normalized spacial score (nSPS) is 10.2. The fraction of sp³-hybridized carbons (Fsp3) is 0.188. The monoisotopic (exact) mass is 412 g/mol. The van der Waals surface area contributed by atoms with Gasteiger partial charge in [0.25, 0.3) is 0 Å². The van der Waals surface area contributed by atoms with Crippen molar-refractivity contribution < 1.29 is 14.3 Å². The zero-order chi connectivity index (χ0) is 15.2. The van der Waals surface area contributed by atoms with E-state index in [1.165, 1.54) is 7.11 Å². The second-order valence-electron chi connectivity index (χ2n) is 4.40. The number of esters is 1. The highest BCUT2D eigenvalue weighted by Crippen LogP contribution is 2.34. The van der Waals surface area contributed by atoms with Gasteiger partial charge in [0.2, 0.25) is 0 Å². The third-order valence-electron chi connectivity index (χ3n) is 2.87. The Hall–Kier alpha value is -1.33. The van der Waals surface area contributed by atoms with Gasteiger partial charge >= 0.3 is 5.97 Å². The Labute approximate surface area is 140 Å². The van der Waals surface area contributed by atoms with Crippen molar-refractivity contribution in [3.8, 4) is 5.75 Å². The molecule has 0 atom stereocenters. The van der Waals surface area contributed by atoms with Gasteiger partial charge in [-0.05, 0) is 33.6 Å². The van der Waals surface area contributed by atoms with Crippen molar-refractivity contribution in [2.45, 2.75) is 13.0 Å². The summed E-state index contributed by atoms with van der Waals surface area (Å²) in [6.07, 6.45) is 0.165. The van der Waals surface area contributed by atoms with Crippen molar-refractivity contribution in [3.63, 3.8) is 0 Å². The molecule has 0 aliphatic carbocycles. The first-order valence-corrected chi connectivity index (χ1v) is 7.90. The Morgan fingerprint density at radius 1 is 1.14 bits per heavy atom. The molecule has 21 heavy (non-hydrogen) atoms. The van der Waals surface area contributed by atoms with E-state index in [0.717, 1.165) is 20.1 Å². The topological polar surface area (TPSA) is 35.5 Å². The molecule has 3 nitrogen and oxygen atoms in total. The molecule has 0 spiro atoms. The van der Waals surface area contributed by atoms with Crippen LogP contribution in [-0.4, -0.2) is 13.1 Å². The first-order chi connectivity index (χ1) is 10.1. The number of ether oxygens (including phenoxy) is 2. The van der Waals surface area contributed by atoms with Crippen LogP contribution in [0, 0.1) is 0 Å². The van der Waals surface area contributed by atoms with Crippen LogP contribution in [0.4, 0.5) is 0 Å². The summed E-state index contributed by atoms with van der Waals surface area (Å²) in [6, 6.07) is 13.6. The lowest BCUT2D eigenvalue weighted by atomic mass is 10.1. The Bertz CT molecular complexity index is 627. The molecule has 0 aliphatic rings. The molecule has 0 heterocycles. The minimum Gasteiger partial charge on any atom is -0.487 e. The average molecular weight is 414 g/mol. The Morgan fingerprint density at radius 2 is 1.86 bits per heavy atom. The van der Waals surface area contributed by atoms with E-state index in [9.17, 15) is 4.79 Å². The quantitative estimate of drug-likeness (QED) is 0.676. The van der Waals surface area contributed by atoms with Crippen LogP contribution < -0.4 is 4.74 Å². The van der Waals surface area contributed by atoms with Crippen LogP contribution in [0.15, 0.2) is 51.4 Å². The van der Waals surface area contributed by atoms with Crippen LogP contribution in [0.2, 0.25) is 0 Å². The van der Waals surface area contributed by atoms with Crippen molar-refractivity contribution in [2.24, 2.45) is 0 Å². The van der Waals surface area contributed by atoms with Crippen LogP contribution in [0.3, 0.4) is 0 Å². The third kappa shape index (κ3) is 4.58. The molecule has 0 amide bonds. The molecule has 0 fully saturated rings. The average Bonchev–Trinajstić information content (AvgIpc) is 2.47. The fourth-order valence-electron chi connectivity index (χ4n) is 1.86. The van der Waals surface area contributed by atoms with Gasteiger partial charge in [-0.3, -0.25) is 4.79 Å². The summed E-state index contributed by atoms with van der Waals surface area (Å²) in [5.41, 5.74) is 1.84. The van der Waals surface area contributed by atoms with E-state index in [-0.39, 0.29) is 12.4 Å². The maximum absolute atomic E-state index is 11.5. The van der Waals surface area contributed by atoms with E-state index in [2.05, 4.69) is 31.9 Å². The molecule has 0 bridgehead atoms. The predicted molar refractivity (Wildman–Crippen MR) is 88.3 cm³/mol. The predicted octanol–water partition coefficient (Wildman–Crippen LogP) is 4.51. The highest BCUT2D eigenvalue weighted by molar-refractivity contribution is 9.11. The van der Waals surface area contributed by atoms with Gasteiger partial charge in [-0.25, -0.2) is 0 Å². The summed E-state index contributed by atoms with van der Waals surface area (Å²) < 4.78 is 12.3. The summed E-state index contributed by atoms with van der Waals surface area (Å²) in [4.78, 5) is 11.5. The minimum absolute atomic E-state index is 0.165. The molecule has 2 rings (SSSR count). The third-order valence-corrected chi connectivity index (χ3v) is 3.92. The summed E-state index contributed by atoms with van der Waals surface area (Å²) in [7, 11) is 1.37. The number of carbonyl (C=O) groups excluding carboxylic acids is 1. The van der Waals surface area contributed by atoms with Gasteiger partial charge in [-0.15, -0.1) is 0 Å². The van der Waals surface area contributed by atoms with Crippen molar-refractivity contribution in [1.29, 1.82) is 0 Å². The van der Waals surface area contributed by atoms with E-state index in [1.807, 2.05) is 42.5 Å². The second-order valence-corrected chi connectivity index (χ2v) is 6.17. The molecule has 0 unspecified atom stereocenters. The largest absolute Gasteiger partial charge is 0.487 e. The zero-order valence-corrected chi connectivity index (χ0v) is 14.6. The molecule has 5 heteroatoms.